The highest BCUT2D eigenvalue weighted by molar-refractivity contribution is 5.69. The summed E-state index contributed by atoms with van der Waals surface area (Å²) in [7, 11) is 0. The molecule has 0 aliphatic carbocycles. The number of piperidine rings is 1. The Morgan fingerprint density at radius 2 is 1.36 bits per heavy atom. The van der Waals surface area contributed by atoms with Crippen molar-refractivity contribution in [3.05, 3.63) is 0 Å². The van der Waals surface area contributed by atoms with Crippen LogP contribution in [0.3, 0.4) is 0 Å². The van der Waals surface area contributed by atoms with Gasteiger partial charge in [0.25, 0.3) is 0 Å². The van der Waals surface area contributed by atoms with Crippen molar-refractivity contribution in [2.45, 2.75) is 64.4 Å². The zero-order valence-corrected chi connectivity index (χ0v) is 17.8. The maximum atomic E-state index is 11.5. The van der Waals surface area contributed by atoms with Gasteiger partial charge in [-0.1, -0.05) is 32.6 Å². The molecule has 1 rings (SSSR count). The van der Waals surface area contributed by atoms with Crippen molar-refractivity contribution in [1.82, 2.24) is 5.32 Å². The lowest BCUT2D eigenvalue weighted by atomic mass is 10.1. The average Bonchev–Trinajstić information content (AvgIpc) is 2.72. The van der Waals surface area contributed by atoms with Gasteiger partial charge in [-0.3, -0.25) is 4.79 Å². The molecule has 0 spiro atoms. The molecule has 0 radical (unpaired) electrons. The topological polar surface area (TPSA) is 75.3 Å². The molecule has 28 heavy (non-hydrogen) atoms. The van der Waals surface area contributed by atoms with Crippen LogP contribution in [0, 0.1) is 0 Å². The number of rotatable bonds is 19. The van der Waals surface area contributed by atoms with Crippen molar-refractivity contribution in [1.29, 1.82) is 0 Å². The van der Waals surface area contributed by atoms with Crippen molar-refractivity contribution < 1.29 is 28.5 Å². The Kier molecular flexibility index (Phi) is 17.7. The van der Waals surface area contributed by atoms with Crippen LogP contribution in [0.15, 0.2) is 0 Å². The fourth-order valence-corrected chi connectivity index (χ4v) is 2.94. The average molecular weight is 404 g/mol. The second-order valence-electron chi connectivity index (χ2n) is 7.04. The number of unbranched alkanes of at least 4 members (excludes halogenated alkanes) is 4. The molecule has 0 unspecified atom stereocenters. The van der Waals surface area contributed by atoms with E-state index in [4.69, 9.17) is 23.7 Å². The van der Waals surface area contributed by atoms with E-state index in [1.54, 1.807) is 0 Å². The summed E-state index contributed by atoms with van der Waals surface area (Å²) < 4.78 is 27.2. The smallest absolute Gasteiger partial charge is 0.305 e. The van der Waals surface area contributed by atoms with Gasteiger partial charge in [0.05, 0.1) is 52.4 Å². The fourth-order valence-electron chi connectivity index (χ4n) is 2.94. The maximum Gasteiger partial charge on any atom is 0.305 e. The number of carbonyl (C=O) groups excluding carboxylic acids is 1. The molecule has 166 valence electrons. The van der Waals surface area contributed by atoms with Gasteiger partial charge in [-0.25, -0.2) is 0 Å². The highest BCUT2D eigenvalue weighted by atomic mass is 16.6. The van der Waals surface area contributed by atoms with Crippen LogP contribution in [0.25, 0.3) is 0 Å². The molecule has 7 heteroatoms. The molecular weight excluding hydrogens is 362 g/mol. The molecule has 1 aliphatic rings. The van der Waals surface area contributed by atoms with Crippen molar-refractivity contribution in [3.8, 4) is 0 Å². The standard InChI is InChI=1S/C21H41NO6/c1-2-3-4-5-6-7-21(23)28-19-17-26-15-13-24-12-14-25-16-18-27-20-8-10-22-11-9-20/h20,22H,2-19H2,1H3. The highest BCUT2D eigenvalue weighted by Gasteiger charge is 2.12. The van der Waals surface area contributed by atoms with Gasteiger partial charge in [-0.2, -0.15) is 0 Å². The molecule has 1 saturated heterocycles. The van der Waals surface area contributed by atoms with Crippen LogP contribution in [-0.4, -0.2) is 78.0 Å². The van der Waals surface area contributed by atoms with E-state index in [0.29, 0.717) is 65.4 Å². The first-order chi connectivity index (χ1) is 13.8. The van der Waals surface area contributed by atoms with Gasteiger partial charge < -0.3 is 29.0 Å². The van der Waals surface area contributed by atoms with Gasteiger partial charge in [0.1, 0.15) is 6.61 Å². The largest absolute Gasteiger partial charge is 0.463 e. The van der Waals surface area contributed by atoms with Crippen molar-refractivity contribution in [3.63, 3.8) is 0 Å². The predicted molar refractivity (Wildman–Crippen MR) is 109 cm³/mol. The van der Waals surface area contributed by atoms with E-state index in [9.17, 15) is 4.79 Å². The highest BCUT2D eigenvalue weighted by Crippen LogP contribution is 2.07. The molecule has 0 atom stereocenters. The molecule has 0 aromatic carbocycles. The Bertz CT molecular complexity index is 350. The Morgan fingerprint density at radius 1 is 0.786 bits per heavy atom. The summed E-state index contributed by atoms with van der Waals surface area (Å²) in [5, 5.41) is 3.32. The number of hydrogen-bond acceptors (Lipinski definition) is 7. The normalized spacial score (nSPS) is 15.0. The fraction of sp³-hybridized carbons (Fsp3) is 0.952. The predicted octanol–water partition coefficient (Wildman–Crippen LogP) is 2.71. The Morgan fingerprint density at radius 3 is 2.00 bits per heavy atom. The van der Waals surface area contributed by atoms with Gasteiger partial charge >= 0.3 is 5.97 Å². The van der Waals surface area contributed by atoms with Crippen LogP contribution in [-0.2, 0) is 28.5 Å². The molecule has 1 heterocycles. The SMILES string of the molecule is CCCCCCCC(=O)OCCOCCOCCOCCOC1CCNCC1. The van der Waals surface area contributed by atoms with Crippen LogP contribution in [0.1, 0.15) is 58.3 Å². The molecule has 0 aromatic rings. The van der Waals surface area contributed by atoms with Gasteiger partial charge in [0.2, 0.25) is 0 Å². The van der Waals surface area contributed by atoms with E-state index in [2.05, 4.69) is 12.2 Å². The van der Waals surface area contributed by atoms with Crippen LogP contribution < -0.4 is 5.32 Å². The molecular formula is C21H41NO6. The van der Waals surface area contributed by atoms with Gasteiger partial charge in [-0.05, 0) is 32.4 Å². The third kappa shape index (κ3) is 16.2. The number of esters is 1. The second-order valence-corrected chi connectivity index (χ2v) is 7.04. The maximum absolute atomic E-state index is 11.5. The first-order valence-electron chi connectivity index (χ1n) is 11.0. The van der Waals surface area contributed by atoms with E-state index in [0.717, 1.165) is 38.8 Å². The number of carbonyl (C=O) groups is 1. The van der Waals surface area contributed by atoms with Gasteiger partial charge in [0, 0.05) is 6.42 Å². The lowest BCUT2D eigenvalue weighted by molar-refractivity contribution is -0.145. The summed E-state index contributed by atoms with van der Waals surface area (Å²) in [6.45, 7) is 8.36. The van der Waals surface area contributed by atoms with Gasteiger partial charge in [-0.15, -0.1) is 0 Å². The van der Waals surface area contributed by atoms with Crippen molar-refractivity contribution in [2.75, 3.05) is 65.9 Å². The molecule has 0 amide bonds. The zero-order valence-electron chi connectivity index (χ0n) is 17.8. The van der Waals surface area contributed by atoms with Gasteiger partial charge in [0.15, 0.2) is 0 Å². The Balaban J connectivity index is 1.71. The summed E-state index contributed by atoms with van der Waals surface area (Å²) in [5.74, 6) is -0.127. The first kappa shape index (κ1) is 25.3. The molecule has 0 bridgehead atoms. The molecule has 0 aromatic heterocycles. The van der Waals surface area contributed by atoms with E-state index in [1.165, 1.54) is 19.3 Å². The zero-order chi connectivity index (χ0) is 20.1. The Labute approximate surface area is 170 Å². The number of ether oxygens (including phenoxy) is 5. The molecule has 1 fully saturated rings. The Hall–Kier alpha value is -0.730. The third-order valence-corrected chi connectivity index (χ3v) is 4.59. The third-order valence-electron chi connectivity index (χ3n) is 4.59. The summed E-state index contributed by atoms with van der Waals surface area (Å²) in [4.78, 5) is 11.5. The lowest BCUT2D eigenvalue weighted by Gasteiger charge is -2.22. The molecule has 1 aliphatic heterocycles. The molecule has 0 saturated carbocycles. The second kappa shape index (κ2) is 19.6. The van der Waals surface area contributed by atoms with Crippen LogP contribution in [0.5, 0.6) is 0 Å². The summed E-state index contributed by atoms with van der Waals surface area (Å²) in [6.07, 6.45) is 8.73. The van der Waals surface area contributed by atoms with E-state index in [1.807, 2.05) is 0 Å². The summed E-state index contributed by atoms with van der Waals surface area (Å²) >= 11 is 0. The summed E-state index contributed by atoms with van der Waals surface area (Å²) in [5.41, 5.74) is 0. The minimum atomic E-state index is -0.127. The van der Waals surface area contributed by atoms with Crippen molar-refractivity contribution in [2.24, 2.45) is 0 Å². The van der Waals surface area contributed by atoms with E-state index >= 15 is 0 Å². The molecule has 1 N–H and O–H groups in total. The van der Waals surface area contributed by atoms with Crippen LogP contribution in [0.4, 0.5) is 0 Å². The lowest BCUT2D eigenvalue weighted by Crippen LogP contribution is -2.33. The number of hydrogen-bond donors (Lipinski definition) is 1. The van der Waals surface area contributed by atoms with E-state index < -0.39 is 0 Å². The number of nitrogens with one attached hydrogen (secondary N) is 1. The minimum Gasteiger partial charge on any atom is -0.463 e. The van der Waals surface area contributed by atoms with Crippen molar-refractivity contribution >= 4 is 5.97 Å². The van der Waals surface area contributed by atoms with E-state index in [-0.39, 0.29) is 5.97 Å². The van der Waals surface area contributed by atoms with Crippen LogP contribution >= 0.6 is 0 Å². The molecule has 7 nitrogen and oxygen atoms in total. The first-order valence-corrected chi connectivity index (χ1v) is 11.0. The minimum absolute atomic E-state index is 0.127. The monoisotopic (exact) mass is 403 g/mol. The summed E-state index contributed by atoms with van der Waals surface area (Å²) in [6, 6.07) is 0. The van der Waals surface area contributed by atoms with Crippen LogP contribution in [0.2, 0.25) is 0 Å². The quantitative estimate of drug-likeness (QED) is 0.262.